The molecule has 0 bridgehead atoms. The Morgan fingerprint density at radius 1 is 1.29 bits per heavy atom. The zero-order valence-corrected chi connectivity index (χ0v) is 19.0. The molecule has 0 atom stereocenters. The molecule has 160 valence electrons. The van der Waals surface area contributed by atoms with Gasteiger partial charge >= 0.3 is 5.97 Å². The molecule has 0 spiro atoms. The summed E-state index contributed by atoms with van der Waals surface area (Å²) < 4.78 is 4.93. The molecular formula is C23H22N2O4S2. The molecule has 2 aromatic heterocycles. The molecule has 0 saturated heterocycles. The fourth-order valence-corrected chi connectivity index (χ4v) is 4.03. The van der Waals surface area contributed by atoms with Crippen LogP contribution in [-0.2, 0) is 4.74 Å². The van der Waals surface area contributed by atoms with E-state index in [4.69, 9.17) is 4.74 Å². The molecule has 31 heavy (non-hydrogen) atoms. The number of carbonyl (C=O) groups is 2. The van der Waals surface area contributed by atoms with Crippen LogP contribution in [0.5, 0.6) is 5.75 Å². The normalized spacial score (nSPS) is 11.6. The fraction of sp³-hybridized carbons (Fsp3) is 0.217. The SMILES string of the molecule is CCOC(=O)c1csc(N=Cc2cc(/C=C/C(=O)c3cccs3)cc(C(C)C)c2O)n1. The number of phenols is 1. The number of thiazole rings is 1. The van der Waals surface area contributed by atoms with Gasteiger partial charge in [0.25, 0.3) is 0 Å². The van der Waals surface area contributed by atoms with E-state index in [1.165, 1.54) is 35.0 Å². The first-order valence-electron chi connectivity index (χ1n) is 9.68. The lowest BCUT2D eigenvalue weighted by atomic mass is 9.96. The molecule has 0 aliphatic rings. The minimum absolute atomic E-state index is 0.0707. The van der Waals surface area contributed by atoms with Gasteiger partial charge in [-0.25, -0.2) is 14.8 Å². The van der Waals surface area contributed by atoms with Crippen LogP contribution < -0.4 is 0 Å². The van der Waals surface area contributed by atoms with Crippen molar-refractivity contribution in [1.82, 2.24) is 4.98 Å². The topological polar surface area (TPSA) is 88.8 Å². The Morgan fingerprint density at radius 2 is 2.10 bits per heavy atom. The molecule has 3 rings (SSSR count). The Labute approximate surface area is 188 Å². The molecule has 0 radical (unpaired) electrons. The molecule has 0 saturated carbocycles. The van der Waals surface area contributed by atoms with Gasteiger partial charge in [0.05, 0.1) is 11.5 Å². The number of allylic oxidation sites excluding steroid dienone is 1. The maximum Gasteiger partial charge on any atom is 0.357 e. The molecule has 2 heterocycles. The third kappa shape index (κ3) is 5.74. The van der Waals surface area contributed by atoms with Crippen molar-refractivity contribution in [3.8, 4) is 5.75 Å². The number of thiophene rings is 1. The molecule has 3 aromatic rings. The van der Waals surface area contributed by atoms with E-state index < -0.39 is 5.97 Å². The highest BCUT2D eigenvalue weighted by molar-refractivity contribution is 7.13. The number of esters is 1. The number of rotatable bonds is 8. The van der Waals surface area contributed by atoms with Gasteiger partial charge in [0.2, 0.25) is 5.13 Å². The highest BCUT2D eigenvalue weighted by atomic mass is 32.1. The summed E-state index contributed by atoms with van der Waals surface area (Å²) in [6, 6.07) is 7.23. The van der Waals surface area contributed by atoms with Crippen molar-refractivity contribution >= 4 is 51.8 Å². The van der Waals surface area contributed by atoms with Gasteiger partial charge in [-0.1, -0.05) is 26.0 Å². The lowest BCUT2D eigenvalue weighted by Crippen LogP contribution is -2.04. The highest BCUT2D eigenvalue weighted by Gasteiger charge is 2.13. The van der Waals surface area contributed by atoms with Gasteiger partial charge < -0.3 is 9.84 Å². The van der Waals surface area contributed by atoms with Gasteiger partial charge in [-0.3, -0.25) is 4.79 Å². The third-order valence-corrected chi connectivity index (χ3v) is 5.93. The molecule has 0 amide bonds. The van der Waals surface area contributed by atoms with Crippen LogP contribution in [0.3, 0.4) is 0 Å². The molecule has 1 aromatic carbocycles. The van der Waals surface area contributed by atoms with E-state index in [2.05, 4.69) is 9.98 Å². The molecule has 0 aliphatic heterocycles. The zero-order chi connectivity index (χ0) is 22.4. The van der Waals surface area contributed by atoms with Crippen LogP contribution >= 0.6 is 22.7 Å². The first-order valence-corrected chi connectivity index (χ1v) is 11.4. The second kappa shape index (κ2) is 10.3. The minimum Gasteiger partial charge on any atom is -0.507 e. The van der Waals surface area contributed by atoms with Crippen molar-refractivity contribution in [2.24, 2.45) is 4.99 Å². The number of nitrogens with zero attached hydrogens (tertiary/aromatic N) is 2. The summed E-state index contributed by atoms with van der Waals surface area (Å²) in [6.07, 6.45) is 4.76. The quantitative estimate of drug-likeness (QED) is 0.199. The van der Waals surface area contributed by atoms with Crippen LogP contribution in [0.25, 0.3) is 6.08 Å². The van der Waals surface area contributed by atoms with E-state index >= 15 is 0 Å². The number of aromatic nitrogens is 1. The smallest absolute Gasteiger partial charge is 0.357 e. The Balaban J connectivity index is 1.88. The Morgan fingerprint density at radius 3 is 2.77 bits per heavy atom. The zero-order valence-electron chi connectivity index (χ0n) is 17.4. The van der Waals surface area contributed by atoms with E-state index in [9.17, 15) is 14.7 Å². The molecule has 1 N–H and O–H groups in total. The van der Waals surface area contributed by atoms with E-state index in [0.717, 1.165) is 11.1 Å². The van der Waals surface area contributed by atoms with E-state index in [1.54, 1.807) is 30.5 Å². The number of phenolic OH excluding ortho intramolecular Hbond substituents is 1. The van der Waals surface area contributed by atoms with Crippen LogP contribution in [0.2, 0.25) is 0 Å². The average molecular weight is 455 g/mol. The second-order valence-corrected chi connectivity index (χ2v) is 8.66. The number of hydrogen-bond acceptors (Lipinski definition) is 8. The average Bonchev–Trinajstić information content (AvgIpc) is 3.44. The number of ketones is 1. The summed E-state index contributed by atoms with van der Waals surface area (Å²) in [5.74, 6) is -0.363. The van der Waals surface area contributed by atoms with Gasteiger partial charge in [-0.2, -0.15) is 0 Å². The van der Waals surface area contributed by atoms with Crippen molar-refractivity contribution in [3.63, 3.8) is 0 Å². The third-order valence-electron chi connectivity index (χ3n) is 4.30. The first kappa shape index (κ1) is 22.6. The fourth-order valence-electron chi connectivity index (χ4n) is 2.76. The predicted molar refractivity (Wildman–Crippen MR) is 125 cm³/mol. The van der Waals surface area contributed by atoms with Crippen LogP contribution in [0.15, 0.2) is 46.1 Å². The Bertz CT molecular complexity index is 1130. The number of benzene rings is 1. The molecule has 0 fully saturated rings. The van der Waals surface area contributed by atoms with Crippen molar-refractivity contribution in [3.05, 3.63) is 68.4 Å². The molecule has 0 unspecified atom stereocenters. The standard InChI is InChI=1S/C23H22N2O4S2/c1-4-29-22(28)18-13-31-23(25-18)24-12-16-10-15(11-17(14(2)3)21(16)27)7-8-19(26)20-6-5-9-30-20/h5-14,27H,4H2,1-3H3/b8-7+,24-12?. The van der Waals surface area contributed by atoms with Crippen molar-refractivity contribution in [2.45, 2.75) is 26.7 Å². The minimum atomic E-state index is -0.493. The monoisotopic (exact) mass is 454 g/mol. The molecule has 0 aliphatic carbocycles. The van der Waals surface area contributed by atoms with Gasteiger partial charge in [0.1, 0.15) is 5.75 Å². The maximum atomic E-state index is 12.3. The van der Waals surface area contributed by atoms with E-state index in [1.807, 2.05) is 31.4 Å². The van der Waals surface area contributed by atoms with Gasteiger partial charge in [-0.15, -0.1) is 22.7 Å². The van der Waals surface area contributed by atoms with E-state index in [0.29, 0.717) is 15.6 Å². The van der Waals surface area contributed by atoms with Gasteiger partial charge in [0.15, 0.2) is 11.5 Å². The van der Waals surface area contributed by atoms with E-state index in [-0.39, 0.29) is 29.8 Å². The second-order valence-electron chi connectivity index (χ2n) is 6.87. The number of aromatic hydroxyl groups is 1. The van der Waals surface area contributed by atoms with Gasteiger partial charge in [0, 0.05) is 17.2 Å². The number of ether oxygens (including phenoxy) is 1. The number of aliphatic imine (C=N–C) groups is 1. The van der Waals surface area contributed by atoms with Crippen molar-refractivity contribution in [1.29, 1.82) is 0 Å². The molecule has 6 nitrogen and oxygen atoms in total. The van der Waals surface area contributed by atoms with Crippen LogP contribution in [0.4, 0.5) is 5.13 Å². The summed E-state index contributed by atoms with van der Waals surface area (Å²) >= 11 is 2.60. The van der Waals surface area contributed by atoms with Crippen molar-refractivity contribution in [2.75, 3.05) is 6.61 Å². The van der Waals surface area contributed by atoms with Crippen LogP contribution in [-0.4, -0.2) is 34.7 Å². The molecular weight excluding hydrogens is 432 g/mol. The number of carbonyl (C=O) groups excluding carboxylic acids is 2. The van der Waals surface area contributed by atoms with Crippen molar-refractivity contribution < 1.29 is 19.4 Å². The molecule has 8 heteroatoms. The van der Waals surface area contributed by atoms with Crippen LogP contribution in [0.1, 0.15) is 63.5 Å². The number of hydrogen-bond donors (Lipinski definition) is 1. The summed E-state index contributed by atoms with van der Waals surface area (Å²) in [5.41, 5.74) is 2.23. The predicted octanol–water partition coefficient (Wildman–Crippen LogP) is 5.86. The Hall–Kier alpha value is -3.10. The lowest BCUT2D eigenvalue weighted by Gasteiger charge is -2.12. The van der Waals surface area contributed by atoms with Gasteiger partial charge in [-0.05, 0) is 53.6 Å². The maximum absolute atomic E-state index is 12.3. The lowest BCUT2D eigenvalue weighted by molar-refractivity contribution is 0.0520. The summed E-state index contributed by atoms with van der Waals surface area (Å²) in [5, 5.41) is 14.5. The highest BCUT2D eigenvalue weighted by Crippen LogP contribution is 2.31. The largest absolute Gasteiger partial charge is 0.507 e. The summed E-state index contributed by atoms with van der Waals surface area (Å²) in [4.78, 5) is 33.1. The summed E-state index contributed by atoms with van der Waals surface area (Å²) in [6.45, 7) is 5.96. The van der Waals surface area contributed by atoms with Crippen LogP contribution in [0, 0.1) is 0 Å². The Kier molecular flexibility index (Phi) is 7.49. The first-order chi connectivity index (χ1) is 14.9. The summed E-state index contributed by atoms with van der Waals surface area (Å²) in [7, 11) is 0.